The van der Waals surface area contributed by atoms with Crippen molar-refractivity contribution in [1.29, 1.82) is 5.26 Å². The zero-order valence-electron chi connectivity index (χ0n) is 15.9. The summed E-state index contributed by atoms with van der Waals surface area (Å²) in [5.41, 5.74) is 3.12. The second kappa shape index (κ2) is 9.17. The molecule has 29 heavy (non-hydrogen) atoms. The van der Waals surface area contributed by atoms with E-state index in [9.17, 15) is 14.9 Å². The van der Waals surface area contributed by atoms with Gasteiger partial charge in [-0.1, -0.05) is 53.6 Å². The molecule has 1 heterocycles. The molecule has 2 atom stereocenters. The first-order valence-electron chi connectivity index (χ1n) is 8.91. The van der Waals surface area contributed by atoms with Crippen molar-refractivity contribution in [3.8, 4) is 6.07 Å². The summed E-state index contributed by atoms with van der Waals surface area (Å²) in [6.07, 6.45) is 0. The van der Waals surface area contributed by atoms with Crippen molar-refractivity contribution in [2.75, 3.05) is 7.11 Å². The molecule has 0 spiro atoms. The van der Waals surface area contributed by atoms with Crippen molar-refractivity contribution in [3.05, 3.63) is 80.8 Å². The van der Waals surface area contributed by atoms with Gasteiger partial charge in [0.15, 0.2) is 0 Å². The molecule has 7 heteroatoms. The van der Waals surface area contributed by atoms with Gasteiger partial charge in [-0.2, -0.15) is 5.26 Å². The van der Waals surface area contributed by atoms with Crippen molar-refractivity contribution in [2.24, 2.45) is 5.92 Å². The van der Waals surface area contributed by atoms with Crippen LogP contribution in [-0.4, -0.2) is 19.0 Å². The maximum atomic E-state index is 12.8. The van der Waals surface area contributed by atoms with Crippen molar-refractivity contribution in [3.63, 3.8) is 0 Å². The Labute approximate surface area is 178 Å². The van der Waals surface area contributed by atoms with Crippen LogP contribution in [0.4, 0.5) is 0 Å². The number of benzene rings is 2. The summed E-state index contributed by atoms with van der Waals surface area (Å²) in [5.74, 6) is -2.41. The molecule has 2 aromatic carbocycles. The Morgan fingerprint density at radius 3 is 2.45 bits per heavy atom. The minimum absolute atomic E-state index is 0.350. The molecule has 3 rings (SSSR count). The molecule has 5 nitrogen and oxygen atoms in total. The average Bonchev–Trinajstić information content (AvgIpc) is 2.73. The van der Waals surface area contributed by atoms with Gasteiger partial charge in [0.25, 0.3) is 0 Å². The maximum Gasteiger partial charge on any atom is 0.319 e. The number of thioether (sulfide) groups is 1. The number of nitrogens with one attached hydrogen (secondary N) is 1. The summed E-state index contributed by atoms with van der Waals surface area (Å²) in [4.78, 5) is 25.2. The lowest BCUT2D eigenvalue weighted by molar-refractivity contribution is -0.150. The highest BCUT2D eigenvalue weighted by atomic mass is 35.5. The average molecular weight is 427 g/mol. The van der Waals surface area contributed by atoms with Crippen molar-refractivity contribution < 1.29 is 14.3 Å². The highest BCUT2D eigenvalue weighted by molar-refractivity contribution is 8.02. The molecule has 0 bridgehead atoms. The van der Waals surface area contributed by atoms with Gasteiger partial charge < -0.3 is 10.1 Å². The van der Waals surface area contributed by atoms with Crippen LogP contribution in [0.1, 0.15) is 22.6 Å². The SMILES string of the molecule is COC(=O)[C@H]1C(=O)NC(SCc2ccc(Cl)cc2)=C(C#N)[C@H]1c1ccc(C)cc1. The van der Waals surface area contributed by atoms with Crippen molar-refractivity contribution in [1.82, 2.24) is 5.32 Å². The molecule has 0 saturated carbocycles. The van der Waals surface area contributed by atoms with Crippen molar-refractivity contribution in [2.45, 2.75) is 18.6 Å². The first kappa shape index (κ1) is 21.0. The normalized spacial score (nSPS) is 18.8. The Morgan fingerprint density at radius 2 is 1.86 bits per heavy atom. The molecule has 1 N–H and O–H groups in total. The smallest absolute Gasteiger partial charge is 0.319 e. The number of ether oxygens (including phenoxy) is 1. The fourth-order valence-electron chi connectivity index (χ4n) is 3.19. The predicted molar refractivity (Wildman–Crippen MR) is 113 cm³/mol. The molecule has 1 amide bonds. The Balaban J connectivity index is 2.00. The van der Waals surface area contributed by atoms with E-state index in [1.807, 2.05) is 43.3 Å². The minimum atomic E-state index is -1.11. The number of allylic oxidation sites excluding steroid dienone is 1. The van der Waals surface area contributed by atoms with Gasteiger partial charge in [0.2, 0.25) is 5.91 Å². The number of halogens is 1. The summed E-state index contributed by atoms with van der Waals surface area (Å²) in [6.45, 7) is 1.95. The molecule has 1 aliphatic rings. The van der Waals surface area contributed by atoms with Crippen molar-refractivity contribution >= 4 is 35.2 Å². The number of amides is 1. The highest BCUT2D eigenvalue weighted by Crippen LogP contribution is 2.40. The summed E-state index contributed by atoms with van der Waals surface area (Å²) < 4.78 is 4.85. The second-order valence-electron chi connectivity index (χ2n) is 6.65. The van der Waals surface area contributed by atoms with E-state index in [-0.39, 0.29) is 0 Å². The van der Waals surface area contributed by atoms with Crippen LogP contribution in [-0.2, 0) is 20.1 Å². The number of nitrogens with zero attached hydrogens (tertiary/aromatic N) is 1. The Kier molecular flexibility index (Phi) is 6.63. The topological polar surface area (TPSA) is 79.2 Å². The first-order chi connectivity index (χ1) is 13.9. The van der Waals surface area contributed by atoms with E-state index in [0.717, 1.165) is 16.7 Å². The Bertz CT molecular complexity index is 994. The lowest BCUT2D eigenvalue weighted by Crippen LogP contribution is -2.44. The zero-order chi connectivity index (χ0) is 21.0. The van der Waals surface area contributed by atoms with Gasteiger partial charge in [0, 0.05) is 16.7 Å². The first-order valence-corrected chi connectivity index (χ1v) is 10.3. The fourth-order valence-corrected chi connectivity index (χ4v) is 4.32. The van der Waals surface area contributed by atoms with Crippen LogP contribution in [0.5, 0.6) is 0 Å². The largest absolute Gasteiger partial charge is 0.468 e. The highest BCUT2D eigenvalue weighted by Gasteiger charge is 2.44. The van der Waals surface area contributed by atoms with E-state index in [0.29, 0.717) is 21.4 Å². The number of hydrogen-bond acceptors (Lipinski definition) is 5. The van der Waals surface area contributed by atoms with E-state index in [1.54, 1.807) is 12.1 Å². The molecule has 0 radical (unpaired) electrons. The van der Waals surface area contributed by atoms with Gasteiger partial charge in [-0.3, -0.25) is 9.59 Å². The molecular formula is C22H19ClN2O3S. The third-order valence-corrected chi connectivity index (χ3v) is 6.06. The van der Waals surface area contributed by atoms with Gasteiger partial charge in [0.05, 0.1) is 23.8 Å². The molecular weight excluding hydrogens is 408 g/mol. The van der Waals surface area contributed by atoms with E-state index < -0.39 is 23.7 Å². The van der Waals surface area contributed by atoms with Gasteiger partial charge in [-0.25, -0.2) is 0 Å². The monoisotopic (exact) mass is 426 g/mol. The number of methoxy groups -OCH3 is 1. The van der Waals surface area contributed by atoms with Crippen LogP contribution in [0, 0.1) is 24.2 Å². The van der Waals surface area contributed by atoms with Gasteiger partial charge in [-0.15, -0.1) is 11.8 Å². The van der Waals surface area contributed by atoms with Crippen LogP contribution in [0.2, 0.25) is 5.02 Å². The van der Waals surface area contributed by atoms with E-state index in [2.05, 4.69) is 11.4 Å². The lowest BCUT2D eigenvalue weighted by Gasteiger charge is -2.31. The number of aryl methyl sites for hydroxylation is 1. The summed E-state index contributed by atoms with van der Waals surface area (Å²) in [6, 6.07) is 17.0. The van der Waals surface area contributed by atoms with Crippen LogP contribution in [0.25, 0.3) is 0 Å². The number of carbonyl (C=O) groups is 2. The maximum absolute atomic E-state index is 12.8. The number of hydrogen-bond donors (Lipinski definition) is 1. The molecule has 1 aliphatic heterocycles. The molecule has 0 aliphatic carbocycles. The minimum Gasteiger partial charge on any atom is -0.468 e. The summed E-state index contributed by atoms with van der Waals surface area (Å²) >= 11 is 7.27. The van der Waals surface area contributed by atoms with E-state index in [1.165, 1.54) is 18.9 Å². The Morgan fingerprint density at radius 1 is 1.21 bits per heavy atom. The molecule has 0 saturated heterocycles. The summed E-state index contributed by atoms with van der Waals surface area (Å²) in [7, 11) is 1.24. The van der Waals surface area contributed by atoms with Crippen LogP contribution < -0.4 is 5.32 Å². The fraction of sp³-hybridized carbons (Fsp3) is 0.227. The number of rotatable bonds is 5. The Hall–Kier alpha value is -2.75. The zero-order valence-corrected chi connectivity index (χ0v) is 17.5. The third kappa shape index (κ3) is 4.64. The predicted octanol–water partition coefficient (Wildman–Crippen LogP) is 4.32. The van der Waals surface area contributed by atoms with Crippen LogP contribution in [0.15, 0.2) is 59.1 Å². The molecule has 0 fully saturated rings. The number of esters is 1. The quantitative estimate of drug-likeness (QED) is 0.569. The second-order valence-corrected chi connectivity index (χ2v) is 8.07. The van der Waals surface area contributed by atoms with E-state index in [4.69, 9.17) is 16.3 Å². The standard InChI is InChI=1S/C22H19ClN2O3S/c1-13-3-7-15(8-4-13)18-17(11-24)21(25-20(26)19(18)22(27)28-2)29-12-14-5-9-16(23)10-6-14/h3-10,18-19H,12H2,1-2H3,(H,25,26)/t18-,19-/m1/s1. The molecule has 2 aromatic rings. The number of nitriles is 1. The van der Waals surface area contributed by atoms with Crippen LogP contribution in [0.3, 0.4) is 0 Å². The third-order valence-electron chi connectivity index (χ3n) is 4.72. The van der Waals surface area contributed by atoms with Gasteiger partial charge in [0.1, 0.15) is 5.92 Å². The molecule has 0 aromatic heterocycles. The lowest BCUT2D eigenvalue weighted by atomic mass is 9.78. The molecule has 0 unspecified atom stereocenters. The van der Waals surface area contributed by atoms with Gasteiger partial charge in [-0.05, 0) is 30.2 Å². The molecule has 148 valence electrons. The van der Waals surface area contributed by atoms with Gasteiger partial charge >= 0.3 is 5.97 Å². The van der Waals surface area contributed by atoms with Crippen LogP contribution >= 0.6 is 23.4 Å². The summed E-state index contributed by atoms with van der Waals surface area (Å²) in [5, 5.41) is 13.7. The van der Waals surface area contributed by atoms with E-state index >= 15 is 0 Å². The number of carbonyl (C=O) groups excluding carboxylic acids is 2.